The molecule has 18 heavy (non-hydrogen) atoms. The summed E-state index contributed by atoms with van der Waals surface area (Å²) in [5, 5.41) is 15.9. The van der Waals surface area contributed by atoms with Gasteiger partial charge in [0.2, 0.25) is 0 Å². The van der Waals surface area contributed by atoms with E-state index in [9.17, 15) is 0 Å². The molecule has 1 aliphatic heterocycles. The average Bonchev–Trinajstić information content (AvgIpc) is 2.44. The molecule has 1 atom stereocenters. The first-order valence-corrected chi connectivity index (χ1v) is 7.23. The van der Waals surface area contributed by atoms with Crippen molar-refractivity contribution in [1.29, 1.82) is 0 Å². The molecule has 0 amide bonds. The van der Waals surface area contributed by atoms with Crippen LogP contribution in [-0.4, -0.2) is 29.3 Å². The molecule has 0 spiro atoms. The molecule has 98 valence electrons. The maximum atomic E-state index is 6.14. The number of hydrogen-bond donors (Lipinski definition) is 2. The molecule has 0 aromatic carbocycles. The van der Waals surface area contributed by atoms with Gasteiger partial charge >= 0.3 is 0 Å². The highest BCUT2D eigenvalue weighted by Crippen LogP contribution is 2.30. The van der Waals surface area contributed by atoms with E-state index in [2.05, 4.69) is 20.8 Å². The van der Waals surface area contributed by atoms with E-state index < -0.39 is 0 Å². The first-order valence-electron chi connectivity index (χ1n) is 6.86. The predicted molar refractivity (Wildman–Crippen MR) is 73.2 cm³/mol. The van der Waals surface area contributed by atoms with Crippen molar-refractivity contribution in [3.8, 4) is 0 Å². The van der Waals surface area contributed by atoms with Gasteiger partial charge in [-0.2, -0.15) is 0 Å². The molecule has 2 aliphatic rings. The molecule has 0 saturated carbocycles. The monoisotopic (exact) mass is 266 g/mol. The number of halogens is 1. The number of rotatable bonds is 2. The van der Waals surface area contributed by atoms with Crippen molar-refractivity contribution >= 4 is 17.4 Å². The summed E-state index contributed by atoms with van der Waals surface area (Å²) >= 11 is 6.14. The van der Waals surface area contributed by atoms with Crippen molar-refractivity contribution in [2.45, 2.75) is 44.6 Å². The van der Waals surface area contributed by atoms with Gasteiger partial charge in [-0.25, -0.2) is 0 Å². The minimum atomic E-state index is 0.472. The Morgan fingerprint density at radius 3 is 2.72 bits per heavy atom. The quantitative estimate of drug-likeness (QED) is 0.861. The van der Waals surface area contributed by atoms with Crippen molar-refractivity contribution < 1.29 is 0 Å². The van der Waals surface area contributed by atoms with Crippen LogP contribution in [-0.2, 0) is 12.8 Å². The number of hydrogen-bond acceptors (Lipinski definition) is 4. The summed E-state index contributed by atoms with van der Waals surface area (Å²) in [4.78, 5) is 0. The van der Waals surface area contributed by atoms with Gasteiger partial charge in [-0.05, 0) is 50.6 Å². The van der Waals surface area contributed by atoms with Gasteiger partial charge in [-0.3, -0.25) is 0 Å². The summed E-state index contributed by atoms with van der Waals surface area (Å²) in [6.07, 6.45) is 6.98. The summed E-state index contributed by atoms with van der Waals surface area (Å²) in [5.41, 5.74) is 2.51. The predicted octanol–water partition coefficient (Wildman–Crippen LogP) is 2.17. The summed E-state index contributed by atoms with van der Waals surface area (Å²) < 4.78 is 0. The minimum absolute atomic E-state index is 0.472. The molecule has 1 fully saturated rings. The molecule has 1 aromatic heterocycles. The number of nitrogens with zero attached hydrogens (tertiary/aromatic N) is 2. The van der Waals surface area contributed by atoms with Crippen molar-refractivity contribution in [3.63, 3.8) is 0 Å². The highest BCUT2D eigenvalue weighted by atomic mass is 35.5. The van der Waals surface area contributed by atoms with Crippen LogP contribution in [0.15, 0.2) is 0 Å². The van der Waals surface area contributed by atoms with E-state index in [1.807, 2.05) is 0 Å². The first-order chi connectivity index (χ1) is 8.84. The molecule has 3 rings (SSSR count). The van der Waals surface area contributed by atoms with Gasteiger partial charge in [0.15, 0.2) is 11.0 Å². The second-order valence-corrected chi connectivity index (χ2v) is 5.55. The molecule has 2 N–H and O–H groups in total. The topological polar surface area (TPSA) is 49.8 Å². The van der Waals surface area contributed by atoms with Crippen molar-refractivity contribution in [3.05, 3.63) is 16.3 Å². The summed E-state index contributed by atoms with van der Waals surface area (Å²) in [5.74, 6) is 0.961. The molecule has 1 aromatic rings. The van der Waals surface area contributed by atoms with Crippen molar-refractivity contribution in [2.75, 3.05) is 18.4 Å². The Bertz CT molecular complexity index is 429. The fourth-order valence-electron chi connectivity index (χ4n) is 2.89. The molecule has 2 heterocycles. The molecular weight excluding hydrogens is 248 g/mol. The van der Waals surface area contributed by atoms with Gasteiger partial charge in [-0.15, -0.1) is 10.2 Å². The second kappa shape index (κ2) is 5.41. The fraction of sp³-hybridized carbons (Fsp3) is 0.692. The third-order valence-electron chi connectivity index (χ3n) is 3.88. The lowest BCUT2D eigenvalue weighted by atomic mass is 9.93. The summed E-state index contributed by atoms with van der Waals surface area (Å²) in [7, 11) is 0. The highest BCUT2D eigenvalue weighted by Gasteiger charge is 2.21. The van der Waals surface area contributed by atoms with Crippen LogP contribution in [0.25, 0.3) is 0 Å². The Labute approximate surface area is 113 Å². The van der Waals surface area contributed by atoms with Crippen LogP contribution in [0.1, 0.15) is 36.8 Å². The molecule has 0 bridgehead atoms. The zero-order valence-electron chi connectivity index (χ0n) is 10.5. The standard InChI is InChI=1S/C13H19ClN4/c14-12-10-5-1-2-6-11(10)13(18-17-12)16-9-4-3-7-15-8-9/h9,15H,1-8H2,(H,16,18)/t9-/m1/s1. The SMILES string of the molecule is Clc1nnc(N[C@@H]2CCCNC2)c2c1CCCC2. The smallest absolute Gasteiger partial charge is 0.155 e. The third kappa shape index (κ3) is 2.45. The van der Waals surface area contributed by atoms with Gasteiger partial charge in [0.25, 0.3) is 0 Å². The average molecular weight is 267 g/mol. The van der Waals surface area contributed by atoms with Crippen LogP contribution < -0.4 is 10.6 Å². The molecule has 0 unspecified atom stereocenters. The fourth-order valence-corrected chi connectivity index (χ4v) is 3.14. The number of aromatic nitrogens is 2. The van der Waals surface area contributed by atoms with E-state index in [0.29, 0.717) is 11.2 Å². The van der Waals surface area contributed by atoms with E-state index in [4.69, 9.17) is 11.6 Å². The molecule has 0 radical (unpaired) electrons. The van der Waals surface area contributed by atoms with Crippen LogP contribution in [0.3, 0.4) is 0 Å². The summed E-state index contributed by atoms with van der Waals surface area (Å²) in [6, 6.07) is 0.472. The lowest BCUT2D eigenvalue weighted by Gasteiger charge is -2.26. The third-order valence-corrected chi connectivity index (χ3v) is 4.18. The van der Waals surface area contributed by atoms with Crippen molar-refractivity contribution in [1.82, 2.24) is 15.5 Å². The first kappa shape index (κ1) is 12.2. The van der Waals surface area contributed by atoms with Gasteiger partial charge in [0.05, 0.1) is 0 Å². The Morgan fingerprint density at radius 1 is 1.11 bits per heavy atom. The zero-order valence-corrected chi connectivity index (χ0v) is 11.3. The molecule has 1 aliphatic carbocycles. The van der Waals surface area contributed by atoms with E-state index >= 15 is 0 Å². The zero-order chi connectivity index (χ0) is 12.4. The second-order valence-electron chi connectivity index (χ2n) is 5.19. The lowest BCUT2D eigenvalue weighted by Crippen LogP contribution is -2.39. The van der Waals surface area contributed by atoms with Crippen LogP contribution in [0, 0.1) is 0 Å². The summed E-state index contributed by atoms with van der Waals surface area (Å²) in [6.45, 7) is 2.14. The number of piperidine rings is 1. The van der Waals surface area contributed by atoms with Gasteiger partial charge in [0.1, 0.15) is 0 Å². The maximum absolute atomic E-state index is 6.14. The van der Waals surface area contributed by atoms with Crippen molar-refractivity contribution in [2.24, 2.45) is 0 Å². The number of nitrogens with one attached hydrogen (secondary N) is 2. The van der Waals surface area contributed by atoms with E-state index in [1.54, 1.807) is 0 Å². The highest BCUT2D eigenvalue weighted by molar-refractivity contribution is 6.30. The number of anilines is 1. The van der Waals surface area contributed by atoms with Gasteiger partial charge in [0, 0.05) is 18.2 Å². The van der Waals surface area contributed by atoms with Crippen LogP contribution in [0.4, 0.5) is 5.82 Å². The van der Waals surface area contributed by atoms with E-state index in [1.165, 1.54) is 36.8 Å². The molecule has 5 heteroatoms. The van der Waals surface area contributed by atoms with Gasteiger partial charge in [-0.1, -0.05) is 11.6 Å². The maximum Gasteiger partial charge on any atom is 0.155 e. The largest absolute Gasteiger partial charge is 0.364 e. The van der Waals surface area contributed by atoms with Crippen LogP contribution >= 0.6 is 11.6 Å². The number of fused-ring (bicyclic) bond motifs is 1. The lowest BCUT2D eigenvalue weighted by molar-refractivity contribution is 0.478. The Kier molecular flexibility index (Phi) is 3.66. The van der Waals surface area contributed by atoms with Crippen LogP contribution in [0.5, 0.6) is 0 Å². The Hall–Kier alpha value is -0.870. The van der Waals surface area contributed by atoms with E-state index in [0.717, 1.165) is 31.7 Å². The molecular formula is C13H19ClN4. The Balaban J connectivity index is 1.82. The van der Waals surface area contributed by atoms with E-state index in [-0.39, 0.29) is 0 Å². The molecule has 1 saturated heterocycles. The Morgan fingerprint density at radius 2 is 1.94 bits per heavy atom. The molecule has 4 nitrogen and oxygen atoms in total. The normalized spacial score (nSPS) is 23.5. The van der Waals surface area contributed by atoms with Crippen LogP contribution in [0.2, 0.25) is 5.15 Å². The van der Waals surface area contributed by atoms with Gasteiger partial charge < -0.3 is 10.6 Å². The minimum Gasteiger partial charge on any atom is -0.364 e.